The van der Waals surface area contributed by atoms with E-state index in [9.17, 15) is 14.4 Å². The van der Waals surface area contributed by atoms with Gasteiger partial charge in [0.15, 0.2) is 0 Å². The van der Waals surface area contributed by atoms with Crippen LogP contribution in [-0.4, -0.2) is 53.2 Å². The van der Waals surface area contributed by atoms with Crippen LogP contribution in [0.3, 0.4) is 0 Å². The van der Waals surface area contributed by atoms with Crippen molar-refractivity contribution in [1.29, 1.82) is 0 Å². The largest absolute Gasteiger partial charge is 0.338 e. The Morgan fingerprint density at radius 1 is 1.08 bits per heavy atom. The summed E-state index contributed by atoms with van der Waals surface area (Å²) in [6.45, 7) is 1.21. The Morgan fingerprint density at radius 2 is 1.83 bits per heavy atom. The number of rotatable bonds is 1. The van der Waals surface area contributed by atoms with E-state index in [0.29, 0.717) is 30.9 Å². The van der Waals surface area contributed by atoms with Gasteiger partial charge in [-0.2, -0.15) is 0 Å². The van der Waals surface area contributed by atoms with Gasteiger partial charge in [0.25, 0.3) is 5.91 Å². The summed E-state index contributed by atoms with van der Waals surface area (Å²) in [5.41, 5.74) is 1.07. The minimum absolute atomic E-state index is 0.0956. The van der Waals surface area contributed by atoms with E-state index in [1.807, 2.05) is 0 Å². The van der Waals surface area contributed by atoms with Crippen LogP contribution in [-0.2, 0) is 9.59 Å². The fourth-order valence-corrected chi connectivity index (χ4v) is 4.03. The first-order valence-electron chi connectivity index (χ1n) is 8.65. The number of nitrogens with zero attached hydrogens (tertiary/aromatic N) is 2. The molecule has 1 atom stereocenters. The van der Waals surface area contributed by atoms with Crippen LogP contribution >= 0.6 is 0 Å². The van der Waals surface area contributed by atoms with Crippen LogP contribution in [0.4, 0.5) is 5.69 Å². The molecule has 1 saturated carbocycles. The highest BCUT2D eigenvalue weighted by Gasteiger charge is 2.41. The fourth-order valence-electron chi connectivity index (χ4n) is 4.03. The van der Waals surface area contributed by atoms with Crippen molar-refractivity contribution in [2.24, 2.45) is 5.92 Å². The molecule has 4 rings (SSSR count). The van der Waals surface area contributed by atoms with Crippen molar-refractivity contribution in [2.75, 3.05) is 25.0 Å². The van der Waals surface area contributed by atoms with Gasteiger partial charge in [-0.3, -0.25) is 14.4 Å². The Balaban J connectivity index is 1.57. The van der Waals surface area contributed by atoms with Gasteiger partial charge >= 0.3 is 0 Å². The quantitative estimate of drug-likeness (QED) is 0.849. The second kappa shape index (κ2) is 5.92. The molecule has 1 N–H and O–H groups in total. The van der Waals surface area contributed by atoms with Crippen molar-refractivity contribution in [1.82, 2.24) is 9.80 Å². The Kier molecular flexibility index (Phi) is 3.75. The topological polar surface area (TPSA) is 69.7 Å². The molecular formula is C18H21N3O3. The molecule has 6 nitrogen and oxygen atoms in total. The van der Waals surface area contributed by atoms with Gasteiger partial charge in [-0.1, -0.05) is 25.0 Å². The first-order chi connectivity index (χ1) is 11.6. The van der Waals surface area contributed by atoms with Crippen molar-refractivity contribution in [3.05, 3.63) is 29.8 Å². The van der Waals surface area contributed by atoms with E-state index in [1.165, 1.54) is 0 Å². The summed E-state index contributed by atoms with van der Waals surface area (Å²) in [4.78, 5) is 41.4. The van der Waals surface area contributed by atoms with Gasteiger partial charge in [0, 0.05) is 19.0 Å². The predicted octanol–water partition coefficient (Wildman–Crippen LogP) is 1.48. The lowest BCUT2D eigenvalue weighted by Crippen LogP contribution is -2.60. The van der Waals surface area contributed by atoms with Crippen molar-refractivity contribution >= 4 is 23.4 Å². The standard InChI is InChI=1S/C18H21N3O3/c22-16-15-11-20(17(23)12-5-1-2-6-12)9-10-21(15)18(24)13-7-3-4-8-14(13)19-16/h3-4,7-8,12,15H,1-2,5-6,9-11H2,(H,19,22)/t15-/m0/s1. The third kappa shape index (κ3) is 2.46. The molecular weight excluding hydrogens is 306 g/mol. The lowest BCUT2D eigenvalue weighted by Gasteiger charge is -2.40. The molecule has 6 heteroatoms. The highest BCUT2D eigenvalue weighted by molar-refractivity contribution is 6.10. The van der Waals surface area contributed by atoms with Gasteiger partial charge in [0.05, 0.1) is 17.8 Å². The van der Waals surface area contributed by atoms with Gasteiger partial charge in [0.2, 0.25) is 11.8 Å². The van der Waals surface area contributed by atoms with Gasteiger partial charge in [-0.05, 0) is 25.0 Å². The molecule has 2 aliphatic heterocycles. The summed E-state index contributed by atoms with van der Waals surface area (Å²) < 4.78 is 0. The van der Waals surface area contributed by atoms with E-state index in [0.717, 1.165) is 25.7 Å². The number of fused-ring (bicyclic) bond motifs is 2. The molecule has 0 aromatic heterocycles. The minimum Gasteiger partial charge on any atom is -0.338 e. The third-order valence-corrected chi connectivity index (χ3v) is 5.38. The number of piperazine rings is 1. The van der Waals surface area contributed by atoms with Crippen LogP contribution < -0.4 is 5.32 Å². The third-order valence-electron chi connectivity index (χ3n) is 5.38. The predicted molar refractivity (Wildman–Crippen MR) is 88.4 cm³/mol. The molecule has 1 aliphatic carbocycles. The van der Waals surface area contributed by atoms with E-state index in [2.05, 4.69) is 5.32 Å². The number of hydrogen-bond acceptors (Lipinski definition) is 3. The maximum absolute atomic E-state index is 12.8. The molecule has 1 aromatic carbocycles. The van der Waals surface area contributed by atoms with E-state index in [1.54, 1.807) is 34.1 Å². The van der Waals surface area contributed by atoms with E-state index in [4.69, 9.17) is 0 Å². The number of amides is 3. The van der Waals surface area contributed by atoms with Gasteiger partial charge in [0.1, 0.15) is 6.04 Å². The number of carbonyl (C=O) groups excluding carboxylic acids is 3. The maximum Gasteiger partial charge on any atom is 0.256 e. The summed E-state index contributed by atoms with van der Waals surface area (Å²) in [6.07, 6.45) is 4.10. The Hall–Kier alpha value is -2.37. The zero-order chi connectivity index (χ0) is 16.7. The molecule has 0 spiro atoms. The van der Waals surface area contributed by atoms with Crippen molar-refractivity contribution in [2.45, 2.75) is 31.7 Å². The fraction of sp³-hybridized carbons (Fsp3) is 0.500. The number of hydrogen-bond donors (Lipinski definition) is 1. The molecule has 1 saturated heterocycles. The summed E-state index contributed by atoms with van der Waals surface area (Å²) in [7, 11) is 0. The Bertz CT molecular complexity index is 697. The lowest BCUT2D eigenvalue weighted by molar-refractivity contribution is -0.139. The number of anilines is 1. The maximum atomic E-state index is 12.8. The number of para-hydroxylation sites is 1. The van der Waals surface area contributed by atoms with Crippen LogP contribution in [0, 0.1) is 5.92 Å². The summed E-state index contributed by atoms with van der Waals surface area (Å²) in [5, 5.41) is 2.84. The van der Waals surface area contributed by atoms with Crippen LogP contribution in [0.5, 0.6) is 0 Å². The molecule has 1 aromatic rings. The first kappa shape index (κ1) is 15.2. The average molecular weight is 327 g/mol. The van der Waals surface area contributed by atoms with E-state index in [-0.39, 0.29) is 23.6 Å². The summed E-state index contributed by atoms with van der Waals surface area (Å²) in [6, 6.07) is 6.46. The summed E-state index contributed by atoms with van der Waals surface area (Å²) >= 11 is 0. The second-order valence-electron chi connectivity index (χ2n) is 6.81. The van der Waals surface area contributed by atoms with Crippen LogP contribution in [0.1, 0.15) is 36.0 Å². The van der Waals surface area contributed by atoms with Crippen molar-refractivity contribution in [3.63, 3.8) is 0 Å². The van der Waals surface area contributed by atoms with Crippen molar-refractivity contribution in [3.8, 4) is 0 Å². The first-order valence-corrected chi connectivity index (χ1v) is 8.65. The molecule has 3 amide bonds. The second-order valence-corrected chi connectivity index (χ2v) is 6.81. The molecule has 24 heavy (non-hydrogen) atoms. The van der Waals surface area contributed by atoms with E-state index >= 15 is 0 Å². The number of nitrogens with one attached hydrogen (secondary N) is 1. The average Bonchev–Trinajstić information content (AvgIpc) is 3.12. The Labute approximate surface area is 140 Å². The number of benzene rings is 1. The Morgan fingerprint density at radius 3 is 2.62 bits per heavy atom. The van der Waals surface area contributed by atoms with Gasteiger partial charge in [-0.25, -0.2) is 0 Å². The highest BCUT2D eigenvalue weighted by atomic mass is 16.2. The zero-order valence-electron chi connectivity index (χ0n) is 13.5. The molecule has 2 heterocycles. The molecule has 0 unspecified atom stereocenters. The summed E-state index contributed by atoms with van der Waals surface area (Å²) in [5.74, 6) is -0.105. The normalized spacial score (nSPS) is 24.2. The van der Waals surface area contributed by atoms with Crippen molar-refractivity contribution < 1.29 is 14.4 Å². The SMILES string of the molecule is O=C1Nc2ccccc2C(=O)N2CCN(C(=O)C3CCCC3)C[C@@H]12. The highest BCUT2D eigenvalue weighted by Crippen LogP contribution is 2.29. The van der Waals surface area contributed by atoms with Crippen LogP contribution in [0.25, 0.3) is 0 Å². The monoisotopic (exact) mass is 327 g/mol. The molecule has 126 valence electrons. The molecule has 0 bridgehead atoms. The van der Waals surface area contributed by atoms with Crippen LogP contribution in [0.2, 0.25) is 0 Å². The van der Waals surface area contributed by atoms with E-state index < -0.39 is 6.04 Å². The zero-order valence-corrected chi connectivity index (χ0v) is 13.5. The lowest BCUT2D eigenvalue weighted by atomic mass is 10.0. The molecule has 0 radical (unpaired) electrons. The minimum atomic E-state index is -0.607. The molecule has 2 fully saturated rings. The number of carbonyl (C=O) groups is 3. The smallest absolute Gasteiger partial charge is 0.256 e. The molecule has 3 aliphatic rings. The van der Waals surface area contributed by atoms with Gasteiger partial charge in [-0.15, -0.1) is 0 Å². The van der Waals surface area contributed by atoms with Crippen LogP contribution in [0.15, 0.2) is 24.3 Å². The van der Waals surface area contributed by atoms with Gasteiger partial charge < -0.3 is 15.1 Å².